The number of anilines is 1. The van der Waals surface area contributed by atoms with Crippen molar-refractivity contribution in [1.82, 2.24) is 10.3 Å². The van der Waals surface area contributed by atoms with Crippen molar-refractivity contribution in [1.29, 1.82) is 0 Å². The molecule has 0 saturated heterocycles. The molecule has 5 heteroatoms. The summed E-state index contributed by atoms with van der Waals surface area (Å²) in [5.74, 6) is -0.111. The summed E-state index contributed by atoms with van der Waals surface area (Å²) in [5, 5.41) is 12.0. The third kappa shape index (κ3) is 4.55. The Kier molecular flexibility index (Phi) is 6.32. The molecule has 2 rings (SSSR count). The van der Waals surface area contributed by atoms with Crippen LogP contribution in [-0.4, -0.2) is 36.2 Å². The van der Waals surface area contributed by atoms with Gasteiger partial charge in [-0.2, -0.15) is 0 Å². The number of aromatic nitrogens is 1. The lowest BCUT2D eigenvalue weighted by Gasteiger charge is -2.19. The number of pyridine rings is 1. The second-order valence-corrected chi connectivity index (χ2v) is 5.89. The summed E-state index contributed by atoms with van der Waals surface area (Å²) in [7, 11) is 1.90. The number of carbonyl (C=O) groups is 1. The van der Waals surface area contributed by atoms with Crippen LogP contribution in [0.5, 0.6) is 0 Å². The van der Waals surface area contributed by atoms with Crippen molar-refractivity contribution in [2.24, 2.45) is 0 Å². The van der Waals surface area contributed by atoms with Gasteiger partial charge in [-0.1, -0.05) is 13.0 Å². The molecule has 5 nitrogen and oxygen atoms in total. The summed E-state index contributed by atoms with van der Waals surface area (Å²) in [6, 6.07) is 11.2. The highest BCUT2D eigenvalue weighted by molar-refractivity contribution is 5.94. The van der Waals surface area contributed by atoms with Crippen LogP contribution in [0.3, 0.4) is 0 Å². The van der Waals surface area contributed by atoms with Gasteiger partial charge in [0.25, 0.3) is 5.91 Å². The number of hydrogen-bond donors (Lipinski definition) is 2. The first-order valence-corrected chi connectivity index (χ1v) is 8.20. The highest BCUT2D eigenvalue weighted by Gasteiger charge is 2.15. The Morgan fingerprint density at radius 2 is 1.96 bits per heavy atom. The molecule has 1 aromatic heterocycles. The number of carbonyl (C=O) groups excluding carboxylic acids is 1. The molecular weight excluding hydrogens is 302 g/mol. The van der Waals surface area contributed by atoms with Crippen molar-refractivity contribution in [3.8, 4) is 0 Å². The zero-order valence-electron chi connectivity index (χ0n) is 14.5. The molecule has 0 aliphatic rings. The van der Waals surface area contributed by atoms with Gasteiger partial charge < -0.3 is 15.3 Å². The topological polar surface area (TPSA) is 65.5 Å². The van der Waals surface area contributed by atoms with E-state index in [0.29, 0.717) is 12.1 Å². The number of rotatable bonds is 7. The first kappa shape index (κ1) is 17.9. The molecule has 1 heterocycles. The SMILES string of the molecule is CC[C@H](NC(=O)c1ccc(N(C)CCO)cc1)c1ccc(C)cn1. The summed E-state index contributed by atoms with van der Waals surface area (Å²) in [6.45, 7) is 4.67. The molecule has 1 atom stereocenters. The molecule has 2 aromatic rings. The molecule has 128 valence electrons. The number of aliphatic hydroxyl groups excluding tert-OH is 1. The Balaban J connectivity index is 2.06. The van der Waals surface area contributed by atoms with E-state index in [-0.39, 0.29) is 18.6 Å². The summed E-state index contributed by atoms with van der Waals surface area (Å²) in [6.07, 6.45) is 2.59. The van der Waals surface area contributed by atoms with E-state index in [0.717, 1.165) is 23.4 Å². The smallest absolute Gasteiger partial charge is 0.251 e. The van der Waals surface area contributed by atoms with Crippen molar-refractivity contribution < 1.29 is 9.90 Å². The number of likely N-dealkylation sites (N-methyl/N-ethyl adjacent to an activating group) is 1. The van der Waals surface area contributed by atoms with Gasteiger partial charge >= 0.3 is 0 Å². The fourth-order valence-corrected chi connectivity index (χ4v) is 2.46. The van der Waals surface area contributed by atoms with Gasteiger partial charge in [-0.3, -0.25) is 9.78 Å². The normalized spacial score (nSPS) is 11.8. The van der Waals surface area contributed by atoms with E-state index in [4.69, 9.17) is 5.11 Å². The van der Waals surface area contributed by atoms with Crippen molar-refractivity contribution in [2.75, 3.05) is 25.1 Å². The Hall–Kier alpha value is -2.40. The van der Waals surface area contributed by atoms with Crippen LogP contribution in [0.1, 0.15) is 41.0 Å². The minimum atomic E-state index is -0.111. The summed E-state index contributed by atoms with van der Waals surface area (Å²) in [4.78, 5) is 18.8. The van der Waals surface area contributed by atoms with Gasteiger partial charge in [0.2, 0.25) is 0 Å². The number of benzene rings is 1. The Bertz CT molecular complexity index is 653. The molecule has 0 bridgehead atoms. The van der Waals surface area contributed by atoms with Crippen LogP contribution < -0.4 is 10.2 Å². The van der Waals surface area contributed by atoms with E-state index in [1.807, 2.05) is 56.3 Å². The molecule has 0 unspecified atom stereocenters. The third-order valence-corrected chi connectivity index (χ3v) is 4.01. The summed E-state index contributed by atoms with van der Waals surface area (Å²) < 4.78 is 0. The quantitative estimate of drug-likeness (QED) is 0.820. The highest BCUT2D eigenvalue weighted by atomic mass is 16.3. The number of nitrogens with one attached hydrogen (secondary N) is 1. The molecule has 0 radical (unpaired) electrons. The van der Waals surface area contributed by atoms with Gasteiger partial charge in [0.1, 0.15) is 0 Å². The molecule has 2 N–H and O–H groups in total. The van der Waals surface area contributed by atoms with Gasteiger partial charge in [0.05, 0.1) is 18.3 Å². The van der Waals surface area contributed by atoms with E-state index in [1.165, 1.54) is 0 Å². The molecule has 0 fully saturated rings. The van der Waals surface area contributed by atoms with Crippen LogP contribution in [-0.2, 0) is 0 Å². The van der Waals surface area contributed by atoms with E-state index < -0.39 is 0 Å². The summed E-state index contributed by atoms with van der Waals surface area (Å²) >= 11 is 0. The number of nitrogens with zero attached hydrogens (tertiary/aromatic N) is 2. The minimum absolute atomic E-state index is 0.0977. The average Bonchev–Trinajstić information content (AvgIpc) is 2.60. The fraction of sp³-hybridized carbons (Fsp3) is 0.368. The lowest BCUT2D eigenvalue weighted by molar-refractivity contribution is 0.0934. The molecule has 0 spiro atoms. The fourth-order valence-electron chi connectivity index (χ4n) is 2.46. The average molecular weight is 327 g/mol. The first-order chi connectivity index (χ1) is 11.5. The molecular formula is C19H25N3O2. The van der Waals surface area contributed by atoms with Crippen LogP contribution in [0, 0.1) is 6.92 Å². The zero-order chi connectivity index (χ0) is 17.5. The third-order valence-electron chi connectivity index (χ3n) is 4.01. The van der Waals surface area contributed by atoms with Crippen molar-refractivity contribution in [3.05, 3.63) is 59.4 Å². The van der Waals surface area contributed by atoms with Crippen LogP contribution in [0.2, 0.25) is 0 Å². The van der Waals surface area contributed by atoms with E-state index in [2.05, 4.69) is 10.3 Å². The molecule has 1 aromatic carbocycles. The van der Waals surface area contributed by atoms with Crippen LogP contribution in [0.4, 0.5) is 5.69 Å². The van der Waals surface area contributed by atoms with Gasteiger partial charge in [-0.05, 0) is 49.2 Å². The molecule has 1 amide bonds. The Labute approximate surface area is 143 Å². The second-order valence-electron chi connectivity index (χ2n) is 5.89. The Morgan fingerprint density at radius 3 is 2.50 bits per heavy atom. The van der Waals surface area contributed by atoms with Gasteiger partial charge in [-0.15, -0.1) is 0 Å². The molecule has 0 aliphatic carbocycles. The molecule has 0 saturated carbocycles. The maximum Gasteiger partial charge on any atom is 0.251 e. The van der Waals surface area contributed by atoms with Crippen molar-refractivity contribution in [2.45, 2.75) is 26.3 Å². The van der Waals surface area contributed by atoms with Gasteiger partial charge in [-0.25, -0.2) is 0 Å². The highest BCUT2D eigenvalue weighted by Crippen LogP contribution is 2.17. The zero-order valence-corrected chi connectivity index (χ0v) is 14.5. The van der Waals surface area contributed by atoms with Crippen molar-refractivity contribution in [3.63, 3.8) is 0 Å². The second kappa shape index (κ2) is 8.45. The van der Waals surface area contributed by atoms with E-state index in [1.54, 1.807) is 12.1 Å². The summed E-state index contributed by atoms with van der Waals surface area (Å²) in [5.41, 5.74) is 3.55. The van der Waals surface area contributed by atoms with Crippen LogP contribution in [0.15, 0.2) is 42.6 Å². The van der Waals surface area contributed by atoms with Gasteiger partial charge in [0, 0.05) is 31.0 Å². The van der Waals surface area contributed by atoms with Gasteiger partial charge in [0.15, 0.2) is 0 Å². The molecule has 0 aliphatic heterocycles. The van der Waals surface area contributed by atoms with E-state index in [9.17, 15) is 4.79 Å². The number of amides is 1. The van der Waals surface area contributed by atoms with Crippen LogP contribution in [0.25, 0.3) is 0 Å². The predicted molar refractivity (Wildman–Crippen MR) is 96.3 cm³/mol. The van der Waals surface area contributed by atoms with Crippen LogP contribution >= 0.6 is 0 Å². The monoisotopic (exact) mass is 327 g/mol. The number of hydrogen-bond acceptors (Lipinski definition) is 4. The lowest BCUT2D eigenvalue weighted by Crippen LogP contribution is -2.28. The van der Waals surface area contributed by atoms with E-state index >= 15 is 0 Å². The number of aliphatic hydroxyl groups is 1. The lowest BCUT2D eigenvalue weighted by atomic mass is 10.1. The standard InChI is InChI=1S/C19H25N3O2/c1-4-17(18-10-5-14(2)13-20-18)21-19(24)15-6-8-16(9-7-15)22(3)11-12-23/h5-10,13,17,23H,4,11-12H2,1-3H3,(H,21,24)/t17-/m0/s1. The Morgan fingerprint density at radius 1 is 1.25 bits per heavy atom. The first-order valence-electron chi connectivity index (χ1n) is 8.20. The maximum absolute atomic E-state index is 12.5. The molecule has 24 heavy (non-hydrogen) atoms. The predicted octanol–water partition coefficient (Wildman–Crippen LogP) is 2.70. The minimum Gasteiger partial charge on any atom is -0.395 e. The van der Waals surface area contributed by atoms with Crippen molar-refractivity contribution >= 4 is 11.6 Å². The largest absolute Gasteiger partial charge is 0.395 e. The number of aryl methyl sites for hydroxylation is 1. The maximum atomic E-state index is 12.5.